The van der Waals surface area contributed by atoms with Gasteiger partial charge in [-0.25, -0.2) is 9.37 Å². The highest BCUT2D eigenvalue weighted by Crippen LogP contribution is 2.37. The Morgan fingerprint density at radius 2 is 2.10 bits per heavy atom. The van der Waals surface area contributed by atoms with E-state index in [1.165, 1.54) is 17.4 Å². The number of likely N-dealkylation sites (tertiary alicyclic amines) is 1. The summed E-state index contributed by atoms with van der Waals surface area (Å²) in [6, 6.07) is 10.7. The Kier molecular flexibility index (Phi) is 6.27. The zero-order chi connectivity index (χ0) is 22.1. The van der Waals surface area contributed by atoms with Gasteiger partial charge in [0.05, 0.1) is 21.9 Å². The summed E-state index contributed by atoms with van der Waals surface area (Å²) >= 11 is 7.73. The standard InChI is InChI=1S/C23H22ClFN2O3S/c1-13(2)30-20-6-4-15(8-18(20)24)21-9-26-22(31-21)17-5-3-14(7-19(17)25)10-27-11-16(12-27)23(28)29/h3-9,13,16H,10-12H2,1-2H3,(H,28,29). The number of aromatic nitrogens is 1. The number of carboxylic acids is 1. The molecule has 1 aliphatic rings. The number of rotatable bonds is 7. The van der Waals surface area contributed by atoms with Crippen molar-refractivity contribution in [2.24, 2.45) is 5.92 Å². The van der Waals surface area contributed by atoms with Gasteiger partial charge in [-0.05, 0) is 55.3 Å². The second-order valence-corrected chi connectivity index (χ2v) is 9.32. The lowest BCUT2D eigenvalue weighted by atomic mass is 9.99. The predicted molar refractivity (Wildman–Crippen MR) is 120 cm³/mol. The number of benzene rings is 2. The van der Waals surface area contributed by atoms with Crippen LogP contribution in [0.5, 0.6) is 5.75 Å². The second-order valence-electron chi connectivity index (χ2n) is 7.88. The molecular weight excluding hydrogens is 439 g/mol. The third-order valence-electron chi connectivity index (χ3n) is 5.06. The summed E-state index contributed by atoms with van der Waals surface area (Å²) < 4.78 is 20.4. The van der Waals surface area contributed by atoms with Crippen LogP contribution in [0.1, 0.15) is 19.4 Å². The maximum Gasteiger partial charge on any atom is 0.309 e. The molecule has 0 amide bonds. The average molecular weight is 461 g/mol. The molecule has 1 fully saturated rings. The van der Waals surface area contributed by atoms with Crippen molar-refractivity contribution in [3.05, 3.63) is 59.0 Å². The summed E-state index contributed by atoms with van der Waals surface area (Å²) in [5.41, 5.74) is 2.15. The molecule has 0 spiro atoms. The highest BCUT2D eigenvalue weighted by Gasteiger charge is 2.32. The quantitative estimate of drug-likeness (QED) is 0.499. The highest BCUT2D eigenvalue weighted by atomic mass is 35.5. The van der Waals surface area contributed by atoms with Crippen LogP contribution < -0.4 is 4.74 Å². The molecule has 1 aliphatic heterocycles. The van der Waals surface area contributed by atoms with E-state index in [0.29, 0.717) is 41.0 Å². The zero-order valence-electron chi connectivity index (χ0n) is 17.1. The maximum atomic E-state index is 14.8. The molecule has 0 saturated carbocycles. The van der Waals surface area contributed by atoms with Gasteiger partial charge < -0.3 is 9.84 Å². The van der Waals surface area contributed by atoms with Crippen molar-refractivity contribution in [1.82, 2.24) is 9.88 Å². The minimum atomic E-state index is -0.777. The molecule has 1 aromatic heterocycles. The summed E-state index contributed by atoms with van der Waals surface area (Å²) in [6.45, 7) is 5.41. The molecule has 5 nitrogen and oxygen atoms in total. The molecule has 4 rings (SSSR count). The monoisotopic (exact) mass is 460 g/mol. The van der Waals surface area contributed by atoms with E-state index in [1.807, 2.05) is 43.0 Å². The smallest absolute Gasteiger partial charge is 0.309 e. The molecule has 3 aromatic rings. The fourth-order valence-electron chi connectivity index (χ4n) is 3.48. The summed E-state index contributed by atoms with van der Waals surface area (Å²) in [6.07, 6.45) is 1.75. The summed E-state index contributed by atoms with van der Waals surface area (Å²) in [4.78, 5) is 18.2. The van der Waals surface area contributed by atoms with Gasteiger partial charge in [-0.15, -0.1) is 11.3 Å². The predicted octanol–water partition coefficient (Wildman–Crippen LogP) is 5.57. The third kappa shape index (κ3) is 4.89. The van der Waals surface area contributed by atoms with Gasteiger partial charge in [0, 0.05) is 31.4 Å². The Morgan fingerprint density at radius 3 is 2.74 bits per heavy atom. The van der Waals surface area contributed by atoms with Crippen molar-refractivity contribution in [2.75, 3.05) is 13.1 Å². The van der Waals surface area contributed by atoms with Gasteiger partial charge >= 0.3 is 5.97 Å². The van der Waals surface area contributed by atoms with Crippen molar-refractivity contribution in [1.29, 1.82) is 0 Å². The number of thiazole rings is 1. The molecule has 0 unspecified atom stereocenters. The van der Waals surface area contributed by atoms with Crippen LogP contribution in [-0.4, -0.2) is 40.2 Å². The van der Waals surface area contributed by atoms with Gasteiger partial charge in [0.2, 0.25) is 0 Å². The fraction of sp³-hybridized carbons (Fsp3) is 0.304. The summed E-state index contributed by atoms with van der Waals surface area (Å²) in [7, 11) is 0. The van der Waals surface area contributed by atoms with Crippen molar-refractivity contribution in [3.63, 3.8) is 0 Å². The number of carboxylic acid groups (broad SMARTS) is 1. The van der Waals surface area contributed by atoms with Crippen LogP contribution in [0, 0.1) is 11.7 Å². The molecule has 0 bridgehead atoms. The number of hydrogen-bond donors (Lipinski definition) is 1. The van der Waals surface area contributed by atoms with Gasteiger partial charge in [0.25, 0.3) is 0 Å². The van der Waals surface area contributed by atoms with E-state index in [4.69, 9.17) is 21.4 Å². The van der Waals surface area contributed by atoms with E-state index in [0.717, 1.165) is 16.0 Å². The molecule has 0 aliphatic carbocycles. The van der Waals surface area contributed by atoms with Gasteiger partial charge in [0.15, 0.2) is 0 Å². The number of nitrogens with zero attached hydrogens (tertiary/aromatic N) is 2. The van der Waals surface area contributed by atoms with Crippen LogP contribution in [0.4, 0.5) is 4.39 Å². The Hall–Kier alpha value is -2.48. The lowest BCUT2D eigenvalue weighted by Crippen LogP contribution is -2.49. The van der Waals surface area contributed by atoms with Crippen LogP contribution in [0.25, 0.3) is 21.0 Å². The zero-order valence-corrected chi connectivity index (χ0v) is 18.7. The average Bonchev–Trinajstić information content (AvgIpc) is 3.15. The van der Waals surface area contributed by atoms with Gasteiger partial charge in [-0.2, -0.15) is 0 Å². The first-order chi connectivity index (χ1) is 14.8. The molecular formula is C23H22ClFN2O3S. The first-order valence-corrected chi connectivity index (χ1v) is 11.2. The van der Waals surface area contributed by atoms with Crippen LogP contribution in [0.15, 0.2) is 42.6 Å². The molecule has 0 atom stereocenters. The number of hydrogen-bond acceptors (Lipinski definition) is 5. The third-order valence-corrected chi connectivity index (χ3v) is 6.44. The Labute approximate surface area is 189 Å². The summed E-state index contributed by atoms with van der Waals surface area (Å²) in [5, 5.41) is 10.1. The fourth-order valence-corrected chi connectivity index (χ4v) is 4.64. The molecule has 1 saturated heterocycles. The number of aliphatic carboxylic acids is 1. The minimum Gasteiger partial charge on any atom is -0.489 e. The Bertz CT molecular complexity index is 1110. The number of carbonyl (C=O) groups is 1. The van der Waals surface area contributed by atoms with Crippen molar-refractivity contribution in [3.8, 4) is 26.8 Å². The van der Waals surface area contributed by atoms with E-state index in [9.17, 15) is 9.18 Å². The highest BCUT2D eigenvalue weighted by molar-refractivity contribution is 7.18. The molecule has 31 heavy (non-hydrogen) atoms. The SMILES string of the molecule is CC(C)Oc1ccc(-c2cnc(-c3ccc(CN4CC(C(=O)O)C4)cc3F)s2)cc1Cl. The largest absolute Gasteiger partial charge is 0.489 e. The van der Waals surface area contributed by atoms with E-state index in [2.05, 4.69) is 4.98 Å². The van der Waals surface area contributed by atoms with Crippen LogP contribution in [-0.2, 0) is 11.3 Å². The van der Waals surface area contributed by atoms with E-state index < -0.39 is 5.97 Å². The van der Waals surface area contributed by atoms with Gasteiger partial charge in [-0.3, -0.25) is 9.69 Å². The molecule has 162 valence electrons. The number of halogens is 2. The Morgan fingerprint density at radius 1 is 1.32 bits per heavy atom. The van der Waals surface area contributed by atoms with Crippen LogP contribution in [0.2, 0.25) is 5.02 Å². The maximum absolute atomic E-state index is 14.8. The Balaban J connectivity index is 1.48. The summed E-state index contributed by atoms with van der Waals surface area (Å²) in [5.74, 6) is -0.811. The molecule has 0 radical (unpaired) electrons. The lowest BCUT2D eigenvalue weighted by Gasteiger charge is -2.36. The number of ether oxygens (including phenoxy) is 1. The molecule has 2 heterocycles. The normalized spacial score (nSPS) is 14.6. The molecule has 8 heteroatoms. The van der Waals surface area contributed by atoms with E-state index in [-0.39, 0.29) is 17.8 Å². The lowest BCUT2D eigenvalue weighted by molar-refractivity contribution is -0.147. The second kappa shape index (κ2) is 8.94. The van der Waals surface area contributed by atoms with E-state index in [1.54, 1.807) is 12.3 Å². The van der Waals surface area contributed by atoms with Crippen LogP contribution in [0.3, 0.4) is 0 Å². The van der Waals surface area contributed by atoms with Crippen molar-refractivity contribution >= 4 is 28.9 Å². The molecule has 2 aromatic carbocycles. The van der Waals surface area contributed by atoms with Gasteiger partial charge in [-0.1, -0.05) is 17.7 Å². The topological polar surface area (TPSA) is 62.7 Å². The first kappa shape index (κ1) is 21.7. The first-order valence-electron chi connectivity index (χ1n) is 9.96. The minimum absolute atomic E-state index is 0.0315. The van der Waals surface area contributed by atoms with E-state index >= 15 is 0 Å². The van der Waals surface area contributed by atoms with Gasteiger partial charge in [0.1, 0.15) is 16.6 Å². The van der Waals surface area contributed by atoms with Crippen LogP contribution >= 0.6 is 22.9 Å². The van der Waals surface area contributed by atoms with Crippen molar-refractivity contribution < 1.29 is 19.0 Å². The van der Waals surface area contributed by atoms with Crippen molar-refractivity contribution in [2.45, 2.75) is 26.5 Å². The molecule has 1 N–H and O–H groups in total.